The Hall–Kier alpha value is -2.47. The third kappa shape index (κ3) is 3.22. The molecule has 0 spiro atoms. The number of para-hydroxylation sites is 2. The predicted octanol–water partition coefficient (Wildman–Crippen LogP) is 2.86. The lowest BCUT2D eigenvalue weighted by atomic mass is 9.87. The zero-order chi connectivity index (χ0) is 17.2. The van der Waals surface area contributed by atoms with Crippen molar-refractivity contribution < 1.29 is 0 Å². The molecule has 1 fully saturated rings. The molecule has 0 radical (unpaired) electrons. The largest absolute Gasteiger partial charge is 0.368 e. The quantitative estimate of drug-likeness (QED) is 0.794. The van der Waals surface area contributed by atoms with Crippen LogP contribution in [0.1, 0.15) is 24.6 Å². The van der Waals surface area contributed by atoms with Crippen molar-refractivity contribution in [1.29, 1.82) is 0 Å². The van der Waals surface area contributed by atoms with E-state index in [1.165, 1.54) is 18.5 Å². The topological polar surface area (TPSA) is 58.9 Å². The number of rotatable bonds is 4. The summed E-state index contributed by atoms with van der Waals surface area (Å²) >= 11 is 0. The highest BCUT2D eigenvalue weighted by atomic mass is 15.3. The molecular formula is C19H24N6. The molecule has 0 amide bonds. The number of hydrogen-bond donors (Lipinski definition) is 1. The lowest BCUT2D eigenvalue weighted by Crippen LogP contribution is -2.40. The number of piperidine rings is 1. The van der Waals surface area contributed by atoms with E-state index in [2.05, 4.69) is 38.4 Å². The molecule has 2 aromatic heterocycles. The van der Waals surface area contributed by atoms with E-state index < -0.39 is 0 Å². The molecule has 0 unspecified atom stereocenters. The van der Waals surface area contributed by atoms with Crippen molar-refractivity contribution in [2.24, 2.45) is 13.0 Å². The van der Waals surface area contributed by atoms with Crippen LogP contribution in [-0.2, 0) is 7.05 Å². The van der Waals surface area contributed by atoms with Crippen LogP contribution in [-0.4, -0.2) is 44.8 Å². The van der Waals surface area contributed by atoms with Crippen molar-refractivity contribution in [2.75, 3.05) is 25.5 Å². The van der Waals surface area contributed by atoms with E-state index in [0.717, 1.165) is 29.9 Å². The van der Waals surface area contributed by atoms with Crippen LogP contribution < -0.4 is 5.32 Å². The molecule has 0 saturated carbocycles. The highest BCUT2D eigenvalue weighted by Gasteiger charge is 2.32. The maximum absolute atomic E-state index is 4.68. The number of benzene rings is 1. The smallest absolute Gasteiger partial charge is 0.145 e. The fourth-order valence-electron chi connectivity index (χ4n) is 3.89. The summed E-state index contributed by atoms with van der Waals surface area (Å²) in [7, 11) is 4.23. The second-order valence-corrected chi connectivity index (χ2v) is 6.83. The van der Waals surface area contributed by atoms with Crippen LogP contribution in [0.2, 0.25) is 0 Å². The molecule has 0 bridgehead atoms. The summed E-state index contributed by atoms with van der Waals surface area (Å²) in [5.74, 6) is 1.36. The Labute approximate surface area is 147 Å². The maximum atomic E-state index is 4.68. The van der Waals surface area contributed by atoms with Gasteiger partial charge in [0.25, 0.3) is 0 Å². The zero-order valence-electron chi connectivity index (χ0n) is 14.8. The minimum absolute atomic E-state index is 0.377. The molecule has 2 atom stereocenters. The number of fused-ring (bicyclic) bond motifs is 1. The summed E-state index contributed by atoms with van der Waals surface area (Å²) in [6, 6.07) is 10.5. The van der Waals surface area contributed by atoms with Crippen molar-refractivity contribution in [3.63, 3.8) is 0 Å². The number of nitrogens with one attached hydrogen (secondary N) is 1. The molecule has 1 saturated heterocycles. The van der Waals surface area contributed by atoms with Crippen LogP contribution in [0.3, 0.4) is 0 Å². The van der Waals surface area contributed by atoms with Gasteiger partial charge in [0, 0.05) is 19.8 Å². The molecule has 1 aromatic carbocycles. The molecule has 1 N–H and O–H groups in total. The number of likely N-dealkylation sites (tertiary alicyclic amines) is 1. The van der Waals surface area contributed by atoms with Gasteiger partial charge < -0.3 is 5.32 Å². The van der Waals surface area contributed by atoms with Crippen LogP contribution in [0, 0.1) is 5.92 Å². The van der Waals surface area contributed by atoms with E-state index in [0.29, 0.717) is 12.0 Å². The number of aromatic nitrogens is 4. The summed E-state index contributed by atoms with van der Waals surface area (Å²) in [4.78, 5) is 11.6. The Morgan fingerprint density at radius 1 is 1.16 bits per heavy atom. The minimum atomic E-state index is 0.377. The molecule has 6 heteroatoms. The van der Waals surface area contributed by atoms with E-state index in [4.69, 9.17) is 0 Å². The normalized spacial score (nSPS) is 21.5. The Morgan fingerprint density at radius 3 is 2.80 bits per heavy atom. The lowest BCUT2D eigenvalue weighted by molar-refractivity contribution is 0.121. The number of hydrogen-bond acceptors (Lipinski definition) is 5. The molecule has 1 aliphatic heterocycles. The van der Waals surface area contributed by atoms with Crippen LogP contribution in [0.4, 0.5) is 5.82 Å². The number of aryl methyl sites for hydroxylation is 1. The first-order chi connectivity index (χ1) is 12.2. The zero-order valence-corrected chi connectivity index (χ0v) is 14.8. The predicted molar refractivity (Wildman–Crippen MR) is 99.3 cm³/mol. The Bertz CT molecular complexity index is 858. The number of nitrogens with zero attached hydrogens (tertiary/aromatic N) is 5. The molecule has 0 aliphatic carbocycles. The summed E-state index contributed by atoms with van der Waals surface area (Å²) in [6.07, 6.45) is 6.14. The van der Waals surface area contributed by atoms with Gasteiger partial charge in [0.1, 0.15) is 5.82 Å². The van der Waals surface area contributed by atoms with E-state index in [9.17, 15) is 0 Å². The molecule has 4 rings (SSSR count). The molecule has 6 nitrogen and oxygen atoms in total. The summed E-state index contributed by atoms with van der Waals surface area (Å²) in [5, 5.41) is 7.87. The Morgan fingerprint density at radius 2 is 2.00 bits per heavy atom. The minimum Gasteiger partial charge on any atom is -0.368 e. The highest BCUT2D eigenvalue weighted by molar-refractivity contribution is 5.75. The average Bonchev–Trinajstić information content (AvgIpc) is 3.05. The van der Waals surface area contributed by atoms with Gasteiger partial charge in [-0.15, -0.1) is 0 Å². The van der Waals surface area contributed by atoms with Crippen molar-refractivity contribution in [3.05, 3.63) is 48.4 Å². The lowest BCUT2D eigenvalue weighted by Gasteiger charge is -2.39. The molecule has 130 valence electrons. The van der Waals surface area contributed by atoms with Gasteiger partial charge in [0.05, 0.1) is 29.0 Å². The third-order valence-electron chi connectivity index (χ3n) is 5.16. The van der Waals surface area contributed by atoms with Gasteiger partial charge in [0.15, 0.2) is 0 Å². The van der Waals surface area contributed by atoms with E-state index >= 15 is 0 Å². The fraction of sp³-hybridized carbons (Fsp3) is 0.421. The molecule has 1 aliphatic rings. The van der Waals surface area contributed by atoms with Gasteiger partial charge in [-0.3, -0.25) is 14.6 Å². The van der Waals surface area contributed by atoms with Gasteiger partial charge >= 0.3 is 0 Å². The Balaban J connectivity index is 1.52. The summed E-state index contributed by atoms with van der Waals surface area (Å²) < 4.78 is 2.00. The second kappa shape index (κ2) is 6.80. The van der Waals surface area contributed by atoms with Crippen molar-refractivity contribution >= 4 is 16.9 Å². The first-order valence-corrected chi connectivity index (χ1v) is 8.86. The van der Waals surface area contributed by atoms with Gasteiger partial charge in [0.2, 0.25) is 0 Å². The van der Waals surface area contributed by atoms with E-state index in [-0.39, 0.29) is 0 Å². The van der Waals surface area contributed by atoms with Crippen LogP contribution in [0.15, 0.2) is 42.7 Å². The molecular weight excluding hydrogens is 312 g/mol. The molecule has 3 heterocycles. The summed E-state index contributed by atoms with van der Waals surface area (Å²) in [5.41, 5.74) is 3.13. The first kappa shape index (κ1) is 16.0. The molecule has 3 aromatic rings. The Kier molecular flexibility index (Phi) is 4.36. The first-order valence-electron chi connectivity index (χ1n) is 8.86. The maximum Gasteiger partial charge on any atom is 0.145 e. The van der Waals surface area contributed by atoms with E-state index in [1.807, 2.05) is 48.4 Å². The number of anilines is 1. The average molecular weight is 336 g/mol. The van der Waals surface area contributed by atoms with Crippen molar-refractivity contribution in [3.8, 4) is 0 Å². The highest BCUT2D eigenvalue weighted by Crippen LogP contribution is 2.34. The standard InChI is InChI=1S/C19H24N6/c1-24-11-5-6-14(19(24)17-9-10-22-25(17)2)12-21-18-13-20-15-7-3-4-8-16(15)23-18/h3-4,7-10,13-14,19H,5-6,11-12H2,1-2H3,(H,21,23)/t14-,19+/m0/s1. The van der Waals surface area contributed by atoms with Gasteiger partial charge in [-0.05, 0) is 50.6 Å². The van der Waals surface area contributed by atoms with Crippen LogP contribution in [0.25, 0.3) is 11.0 Å². The van der Waals surface area contributed by atoms with E-state index in [1.54, 1.807) is 0 Å². The van der Waals surface area contributed by atoms with Gasteiger partial charge in [-0.25, -0.2) is 4.98 Å². The SMILES string of the molecule is CN1CCC[C@@H](CNc2cnc3ccccc3n2)[C@@H]1c1ccnn1C. The van der Waals surface area contributed by atoms with Crippen molar-refractivity contribution in [2.45, 2.75) is 18.9 Å². The second-order valence-electron chi connectivity index (χ2n) is 6.83. The van der Waals surface area contributed by atoms with Gasteiger partial charge in [-0.1, -0.05) is 12.1 Å². The van der Waals surface area contributed by atoms with Crippen molar-refractivity contribution in [1.82, 2.24) is 24.6 Å². The van der Waals surface area contributed by atoms with Gasteiger partial charge in [-0.2, -0.15) is 5.10 Å². The monoisotopic (exact) mass is 336 g/mol. The van der Waals surface area contributed by atoms with Crippen LogP contribution >= 0.6 is 0 Å². The van der Waals surface area contributed by atoms with Crippen LogP contribution in [0.5, 0.6) is 0 Å². The molecule has 25 heavy (non-hydrogen) atoms. The third-order valence-corrected chi connectivity index (χ3v) is 5.16. The fourth-order valence-corrected chi connectivity index (χ4v) is 3.89. The summed E-state index contributed by atoms with van der Waals surface area (Å²) in [6.45, 7) is 2.01.